The molecule has 0 amide bonds. The minimum atomic E-state index is -0.570. The maximum Gasteiger partial charge on any atom is 0.227 e. The van der Waals surface area contributed by atoms with Gasteiger partial charge >= 0.3 is 0 Å². The van der Waals surface area contributed by atoms with Crippen LogP contribution in [0.25, 0.3) is 0 Å². The standard InChI is InChI=1S/C14H16FN5/c15-12-8-18-14(19-13(12)16)20-5-3-11(9-20)6-10-2-1-4-17-7-10/h1-2,4,7-8,11H,3,5-6,9H2,(H2,16,18,19). The van der Waals surface area contributed by atoms with E-state index in [-0.39, 0.29) is 5.82 Å². The van der Waals surface area contributed by atoms with E-state index in [1.54, 1.807) is 6.20 Å². The summed E-state index contributed by atoms with van der Waals surface area (Å²) < 4.78 is 13.1. The fourth-order valence-electron chi connectivity index (χ4n) is 2.56. The normalized spacial score (nSPS) is 18.4. The molecule has 2 aromatic heterocycles. The van der Waals surface area contributed by atoms with Gasteiger partial charge in [-0.25, -0.2) is 9.37 Å². The van der Waals surface area contributed by atoms with Gasteiger partial charge < -0.3 is 10.6 Å². The van der Waals surface area contributed by atoms with Crippen LogP contribution < -0.4 is 10.6 Å². The van der Waals surface area contributed by atoms with Crippen molar-refractivity contribution in [1.82, 2.24) is 15.0 Å². The van der Waals surface area contributed by atoms with Gasteiger partial charge in [0.05, 0.1) is 6.20 Å². The maximum atomic E-state index is 13.1. The third-order valence-electron chi connectivity index (χ3n) is 3.57. The molecule has 1 saturated heterocycles. The number of halogens is 1. The zero-order valence-electron chi connectivity index (χ0n) is 11.0. The smallest absolute Gasteiger partial charge is 0.227 e. The monoisotopic (exact) mass is 273 g/mol. The van der Waals surface area contributed by atoms with Gasteiger partial charge in [0, 0.05) is 25.5 Å². The van der Waals surface area contributed by atoms with E-state index in [4.69, 9.17) is 5.73 Å². The summed E-state index contributed by atoms with van der Waals surface area (Å²) in [6, 6.07) is 4.04. The quantitative estimate of drug-likeness (QED) is 0.921. The van der Waals surface area contributed by atoms with E-state index in [1.807, 2.05) is 12.3 Å². The summed E-state index contributed by atoms with van der Waals surface area (Å²) in [4.78, 5) is 14.2. The number of hydrogen-bond donors (Lipinski definition) is 1. The number of nitrogen functional groups attached to an aromatic ring is 1. The highest BCUT2D eigenvalue weighted by molar-refractivity contribution is 5.39. The van der Waals surface area contributed by atoms with Gasteiger partial charge in [-0.2, -0.15) is 4.98 Å². The average molecular weight is 273 g/mol. The molecule has 1 aliphatic heterocycles. The highest BCUT2D eigenvalue weighted by Gasteiger charge is 2.25. The number of aromatic nitrogens is 3. The van der Waals surface area contributed by atoms with Gasteiger partial charge in [0.2, 0.25) is 5.95 Å². The van der Waals surface area contributed by atoms with Crippen molar-refractivity contribution in [3.05, 3.63) is 42.1 Å². The molecule has 1 atom stereocenters. The Morgan fingerprint density at radius 2 is 2.30 bits per heavy atom. The molecule has 3 rings (SSSR count). The zero-order valence-corrected chi connectivity index (χ0v) is 11.0. The number of nitrogens with two attached hydrogens (primary N) is 1. The minimum Gasteiger partial charge on any atom is -0.381 e. The van der Waals surface area contributed by atoms with Crippen LogP contribution >= 0.6 is 0 Å². The molecule has 0 bridgehead atoms. The van der Waals surface area contributed by atoms with E-state index in [1.165, 1.54) is 5.56 Å². The van der Waals surface area contributed by atoms with Crippen LogP contribution in [-0.2, 0) is 6.42 Å². The highest BCUT2D eigenvalue weighted by Crippen LogP contribution is 2.24. The van der Waals surface area contributed by atoms with E-state index in [0.29, 0.717) is 11.9 Å². The first kappa shape index (κ1) is 12.8. The molecule has 104 valence electrons. The summed E-state index contributed by atoms with van der Waals surface area (Å²) >= 11 is 0. The molecule has 1 unspecified atom stereocenters. The van der Waals surface area contributed by atoms with Crippen molar-refractivity contribution >= 4 is 11.8 Å². The number of nitrogens with zero attached hydrogens (tertiary/aromatic N) is 4. The predicted octanol–water partition coefficient (Wildman–Crippen LogP) is 1.66. The van der Waals surface area contributed by atoms with Crippen LogP contribution in [0.2, 0.25) is 0 Å². The van der Waals surface area contributed by atoms with Crippen LogP contribution in [-0.4, -0.2) is 28.0 Å². The highest BCUT2D eigenvalue weighted by atomic mass is 19.1. The second-order valence-corrected chi connectivity index (χ2v) is 5.07. The van der Waals surface area contributed by atoms with Gasteiger partial charge in [-0.05, 0) is 30.4 Å². The predicted molar refractivity (Wildman–Crippen MR) is 74.7 cm³/mol. The summed E-state index contributed by atoms with van der Waals surface area (Å²) in [5.74, 6) is 0.386. The Hall–Kier alpha value is -2.24. The van der Waals surface area contributed by atoms with Crippen LogP contribution in [0.15, 0.2) is 30.7 Å². The molecule has 2 aromatic rings. The Morgan fingerprint density at radius 1 is 1.40 bits per heavy atom. The molecule has 1 fully saturated rings. The van der Waals surface area contributed by atoms with Gasteiger partial charge in [-0.1, -0.05) is 6.07 Å². The molecule has 20 heavy (non-hydrogen) atoms. The first-order chi connectivity index (χ1) is 9.72. The fraction of sp³-hybridized carbons (Fsp3) is 0.357. The summed E-state index contributed by atoms with van der Waals surface area (Å²) in [6.07, 6.45) is 6.86. The Bertz CT molecular complexity index is 589. The molecule has 0 spiro atoms. The molecule has 6 heteroatoms. The van der Waals surface area contributed by atoms with Crippen molar-refractivity contribution in [2.75, 3.05) is 23.7 Å². The minimum absolute atomic E-state index is 0.0919. The summed E-state index contributed by atoms with van der Waals surface area (Å²) in [7, 11) is 0. The van der Waals surface area contributed by atoms with Crippen molar-refractivity contribution in [3.8, 4) is 0 Å². The number of rotatable bonds is 3. The van der Waals surface area contributed by atoms with Crippen molar-refractivity contribution < 1.29 is 4.39 Å². The Balaban J connectivity index is 1.66. The molecular formula is C14H16FN5. The number of anilines is 2. The Labute approximate surface area is 116 Å². The van der Waals surface area contributed by atoms with Crippen molar-refractivity contribution in [3.63, 3.8) is 0 Å². The van der Waals surface area contributed by atoms with Crippen LogP contribution in [0.1, 0.15) is 12.0 Å². The number of pyridine rings is 1. The van der Waals surface area contributed by atoms with E-state index in [9.17, 15) is 4.39 Å². The van der Waals surface area contributed by atoms with Crippen LogP contribution in [0.4, 0.5) is 16.2 Å². The molecule has 0 radical (unpaired) electrons. The molecule has 1 aliphatic rings. The Kier molecular flexibility index (Phi) is 3.45. The Morgan fingerprint density at radius 3 is 3.05 bits per heavy atom. The lowest BCUT2D eigenvalue weighted by atomic mass is 10.0. The van der Waals surface area contributed by atoms with Crippen LogP contribution in [0.5, 0.6) is 0 Å². The maximum absolute atomic E-state index is 13.1. The third kappa shape index (κ3) is 2.68. The summed E-state index contributed by atoms with van der Waals surface area (Å²) in [5, 5.41) is 0. The zero-order chi connectivity index (χ0) is 13.9. The lowest BCUT2D eigenvalue weighted by Gasteiger charge is -2.16. The second kappa shape index (κ2) is 5.40. The SMILES string of the molecule is Nc1nc(N2CCC(Cc3cccnc3)C2)ncc1F. The van der Waals surface area contributed by atoms with E-state index < -0.39 is 5.82 Å². The average Bonchev–Trinajstić information content (AvgIpc) is 2.91. The lowest BCUT2D eigenvalue weighted by Crippen LogP contribution is -2.23. The molecule has 5 nitrogen and oxygen atoms in total. The van der Waals surface area contributed by atoms with Gasteiger partial charge in [0.25, 0.3) is 0 Å². The van der Waals surface area contributed by atoms with Gasteiger partial charge in [0.1, 0.15) is 0 Å². The van der Waals surface area contributed by atoms with Gasteiger partial charge in [-0.3, -0.25) is 4.98 Å². The largest absolute Gasteiger partial charge is 0.381 e. The molecule has 2 N–H and O–H groups in total. The topological polar surface area (TPSA) is 67.9 Å². The van der Waals surface area contributed by atoms with E-state index >= 15 is 0 Å². The summed E-state index contributed by atoms with van der Waals surface area (Å²) in [6.45, 7) is 1.73. The fourth-order valence-corrected chi connectivity index (χ4v) is 2.56. The first-order valence-electron chi connectivity index (χ1n) is 6.64. The molecular weight excluding hydrogens is 257 g/mol. The van der Waals surface area contributed by atoms with Crippen LogP contribution in [0, 0.1) is 11.7 Å². The van der Waals surface area contributed by atoms with Crippen molar-refractivity contribution in [1.29, 1.82) is 0 Å². The van der Waals surface area contributed by atoms with Gasteiger partial charge in [0.15, 0.2) is 11.6 Å². The van der Waals surface area contributed by atoms with Crippen molar-refractivity contribution in [2.45, 2.75) is 12.8 Å². The van der Waals surface area contributed by atoms with Crippen LogP contribution in [0.3, 0.4) is 0 Å². The van der Waals surface area contributed by atoms with Gasteiger partial charge in [-0.15, -0.1) is 0 Å². The molecule has 0 saturated carbocycles. The first-order valence-corrected chi connectivity index (χ1v) is 6.64. The summed E-state index contributed by atoms with van der Waals surface area (Å²) in [5.41, 5.74) is 6.72. The molecule has 0 aromatic carbocycles. The van der Waals surface area contributed by atoms with Crippen molar-refractivity contribution in [2.24, 2.45) is 5.92 Å². The second-order valence-electron chi connectivity index (χ2n) is 5.07. The molecule has 3 heterocycles. The van der Waals surface area contributed by atoms with E-state index in [0.717, 1.165) is 32.1 Å². The lowest BCUT2D eigenvalue weighted by molar-refractivity contribution is 0.584. The molecule has 0 aliphatic carbocycles. The third-order valence-corrected chi connectivity index (χ3v) is 3.57. The number of hydrogen-bond acceptors (Lipinski definition) is 5. The van der Waals surface area contributed by atoms with E-state index in [2.05, 4.69) is 25.9 Å².